The molecule has 5 heteroatoms. The van der Waals surface area contributed by atoms with Crippen molar-refractivity contribution in [2.75, 3.05) is 33.2 Å². The zero-order valence-corrected chi connectivity index (χ0v) is 11.8. The van der Waals surface area contributed by atoms with Crippen molar-refractivity contribution in [3.63, 3.8) is 0 Å². The smallest absolute Gasteiger partial charge is 0.274 e. The average Bonchev–Trinajstić information content (AvgIpc) is 2.46. The molecule has 1 aliphatic heterocycles. The molecule has 0 saturated carbocycles. The van der Waals surface area contributed by atoms with E-state index in [1.54, 1.807) is 0 Å². The summed E-state index contributed by atoms with van der Waals surface area (Å²) in [6.45, 7) is 5.17. The Hall–Kier alpha value is -2.01. The lowest BCUT2D eigenvalue weighted by atomic mass is 10.2. The molecular formula is C15H18N4O. The maximum atomic E-state index is 12.6. The maximum absolute atomic E-state index is 12.6. The average molecular weight is 270 g/mol. The molecule has 0 unspecified atom stereocenters. The van der Waals surface area contributed by atoms with Gasteiger partial charge >= 0.3 is 0 Å². The Morgan fingerprint density at radius 3 is 2.30 bits per heavy atom. The van der Waals surface area contributed by atoms with E-state index in [1.165, 1.54) is 0 Å². The number of rotatable bonds is 1. The third-order valence-electron chi connectivity index (χ3n) is 3.74. The molecule has 0 N–H and O–H groups in total. The van der Waals surface area contributed by atoms with E-state index in [0.29, 0.717) is 11.4 Å². The fourth-order valence-electron chi connectivity index (χ4n) is 2.45. The minimum atomic E-state index is -0.00569. The lowest BCUT2D eigenvalue weighted by molar-refractivity contribution is 0.0657. The Morgan fingerprint density at radius 1 is 1.05 bits per heavy atom. The minimum Gasteiger partial charge on any atom is -0.335 e. The van der Waals surface area contributed by atoms with Crippen LogP contribution in [0.25, 0.3) is 11.0 Å². The van der Waals surface area contributed by atoms with E-state index in [1.807, 2.05) is 36.1 Å². The van der Waals surface area contributed by atoms with E-state index in [4.69, 9.17) is 0 Å². The van der Waals surface area contributed by atoms with Crippen LogP contribution in [-0.4, -0.2) is 58.9 Å². The first-order valence-electron chi connectivity index (χ1n) is 6.86. The van der Waals surface area contributed by atoms with Crippen molar-refractivity contribution in [1.29, 1.82) is 0 Å². The fourth-order valence-corrected chi connectivity index (χ4v) is 2.45. The van der Waals surface area contributed by atoms with Crippen LogP contribution in [0.1, 0.15) is 16.2 Å². The zero-order valence-electron chi connectivity index (χ0n) is 11.8. The summed E-state index contributed by atoms with van der Waals surface area (Å²) in [6.07, 6.45) is 0. The molecule has 1 aliphatic rings. The van der Waals surface area contributed by atoms with Crippen LogP contribution in [0.5, 0.6) is 0 Å². The second-order valence-corrected chi connectivity index (χ2v) is 5.24. The summed E-state index contributed by atoms with van der Waals surface area (Å²) in [4.78, 5) is 25.7. The van der Waals surface area contributed by atoms with Crippen molar-refractivity contribution in [3.05, 3.63) is 35.7 Å². The third-order valence-corrected chi connectivity index (χ3v) is 3.74. The predicted octanol–water partition coefficient (Wildman–Crippen LogP) is 1.33. The molecule has 3 rings (SSSR count). The summed E-state index contributed by atoms with van der Waals surface area (Å²) in [5.74, 6) is -0.00569. The summed E-state index contributed by atoms with van der Waals surface area (Å²) in [7, 11) is 2.07. The molecule has 1 amide bonds. The SMILES string of the molecule is Cc1nc2ccccc2nc1C(=O)N1CCN(C)CC1. The van der Waals surface area contributed by atoms with Crippen molar-refractivity contribution in [3.8, 4) is 0 Å². The van der Waals surface area contributed by atoms with E-state index >= 15 is 0 Å². The number of carbonyl (C=O) groups excluding carboxylic acids is 1. The number of carbonyl (C=O) groups is 1. The van der Waals surface area contributed by atoms with Gasteiger partial charge in [0.1, 0.15) is 5.69 Å². The molecule has 20 heavy (non-hydrogen) atoms. The molecule has 1 aromatic heterocycles. The standard InChI is InChI=1S/C15H18N4O/c1-11-14(15(20)19-9-7-18(2)8-10-19)17-13-6-4-3-5-12(13)16-11/h3-6H,7-10H2,1-2H3. The van der Waals surface area contributed by atoms with Gasteiger partial charge in [-0.1, -0.05) is 12.1 Å². The van der Waals surface area contributed by atoms with Crippen LogP contribution in [0, 0.1) is 6.92 Å². The van der Waals surface area contributed by atoms with Crippen LogP contribution < -0.4 is 0 Å². The number of hydrogen-bond donors (Lipinski definition) is 0. The number of benzene rings is 1. The number of aryl methyl sites for hydroxylation is 1. The highest BCUT2D eigenvalue weighted by Gasteiger charge is 2.23. The Labute approximate surface area is 118 Å². The maximum Gasteiger partial charge on any atom is 0.274 e. The normalized spacial score (nSPS) is 16.6. The number of nitrogens with zero attached hydrogens (tertiary/aromatic N) is 4. The van der Waals surface area contributed by atoms with Crippen LogP contribution in [0.4, 0.5) is 0 Å². The molecule has 0 atom stereocenters. The summed E-state index contributed by atoms with van der Waals surface area (Å²) >= 11 is 0. The van der Waals surface area contributed by atoms with Gasteiger partial charge in [-0.25, -0.2) is 9.97 Å². The first kappa shape index (κ1) is 13.0. The van der Waals surface area contributed by atoms with E-state index in [2.05, 4.69) is 21.9 Å². The molecular weight excluding hydrogens is 252 g/mol. The molecule has 1 aromatic carbocycles. The molecule has 1 saturated heterocycles. The van der Waals surface area contributed by atoms with Crippen molar-refractivity contribution >= 4 is 16.9 Å². The number of piperazine rings is 1. The van der Waals surface area contributed by atoms with E-state index in [0.717, 1.165) is 37.2 Å². The van der Waals surface area contributed by atoms with Crippen LogP contribution >= 0.6 is 0 Å². The highest BCUT2D eigenvalue weighted by Crippen LogP contribution is 2.14. The number of hydrogen-bond acceptors (Lipinski definition) is 4. The van der Waals surface area contributed by atoms with Gasteiger partial charge in [-0.3, -0.25) is 4.79 Å². The zero-order chi connectivity index (χ0) is 14.1. The molecule has 0 aliphatic carbocycles. The van der Waals surface area contributed by atoms with Gasteiger partial charge in [0, 0.05) is 26.2 Å². The van der Waals surface area contributed by atoms with Gasteiger partial charge in [0.15, 0.2) is 0 Å². The van der Waals surface area contributed by atoms with E-state index < -0.39 is 0 Å². The van der Waals surface area contributed by atoms with Gasteiger partial charge in [-0.15, -0.1) is 0 Å². The molecule has 0 spiro atoms. The first-order chi connectivity index (χ1) is 9.65. The topological polar surface area (TPSA) is 49.3 Å². The highest BCUT2D eigenvalue weighted by molar-refractivity contribution is 5.95. The van der Waals surface area contributed by atoms with E-state index in [9.17, 15) is 4.79 Å². The lowest BCUT2D eigenvalue weighted by Gasteiger charge is -2.32. The second kappa shape index (κ2) is 5.17. The van der Waals surface area contributed by atoms with Crippen LogP contribution in [0.15, 0.2) is 24.3 Å². The quantitative estimate of drug-likeness (QED) is 0.784. The van der Waals surface area contributed by atoms with Crippen molar-refractivity contribution in [1.82, 2.24) is 19.8 Å². The molecule has 104 valence electrons. The molecule has 2 heterocycles. The van der Waals surface area contributed by atoms with Crippen molar-refractivity contribution in [2.45, 2.75) is 6.92 Å². The summed E-state index contributed by atoms with van der Waals surface area (Å²) in [6, 6.07) is 7.65. The van der Waals surface area contributed by atoms with Gasteiger partial charge in [0.05, 0.1) is 16.7 Å². The third kappa shape index (κ3) is 2.36. The number of amides is 1. The Morgan fingerprint density at radius 2 is 1.65 bits per heavy atom. The highest BCUT2D eigenvalue weighted by atomic mass is 16.2. The van der Waals surface area contributed by atoms with Gasteiger partial charge < -0.3 is 9.80 Å². The lowest BCUT2D eigenvalue weighted by Crippen LogP contribution is -2.47. The van der Waals surface area contributed by atoms with E-state index in [-0.39, 0.29) is 5.91 Å². The van der Waals surface area contributed by atoms with Crippen LogP contribution in [0.3, 0.4) is 0 Å². The van der Waals surface area contributed by atoms with Crippen molar-refractivity contribution < 1.29 is 4.79 Å². The number of fused-ring (bicyclic) bond motifs is 1. The van der Waals surface area contributed by atoms with Gasteiger partial charge in [-0.2, -0.15) is 0 Å². The van der Waals surface area contributed by atoms with Gasteiger partial charge in [0.25, 0.3) is 5.91 Å². The minimum absolute atomic E-state index is 0.00569. The number of para-hydroxylation sites is 2. The molecule has 1 fully saturated rings. The first-order valence-corrected chi connectivity index (χ1v) is 6.86. The largest absolute Gasteiger partial charge is 0.335 e. The van der Waals surface area contributed by atoms with Crippen LogP contribution in [0.2, 0.25) is 0 Å². The van der Waals surface area contributed by atoms with Crippen LogP contribution in [-0.2, 0) is 0 Å². The monoisotopic (exact) mass is 270 g/mol. The summed E-state index contributed by atoms with van der Waals surface area (Å²) in [5.41, 5.74) is 2.79. The molecule has 0 bridgehead atoms. The van der Waals surface area contributed by atoms with Crippen molar-refractivity contribution in [2.24, 2.45) is 0 Å². The molecule has 0 radical (unpaired) electrons. The molecule has 2 aromatic rings. The summed E-state index contributed by atoms with van der Waals surface area (Å²) < 4.78 is 0. The Bertz CT molecular complexity index is 647. The summed E-state index contributed by atoms with van der Waals surface area (Å²) in [5, 5.41) is 0. The van der Waals surface area contributed by atoms with Gasteiger partial charge in [-0.05, 0) is 26.1 Å². The molecule has 5 nitrogen and oxygen atoms in total. The fraction of sp³-hybridized carbons (Fsp3) is 0.400. The Balaban J connectivity index is 1.93. The predicted molar refractivity (Wildman–Crippen MR) is 77.7 cm³/mol. The number of aromatic nitrogens is 2. The number of likely N-dealkylation sites (N-methyl/N-ethyl adjacent to an activating group) is 1. The Kier molecular flexibility index (Phi) is 3.36. The second-order valence-electron chi connectivity index (χ2n) is 5.24. The van der Waals surface area contributed by atoms with Gasteiger partial charge in [0.2, 0.25) is 0 Å².